The Kier molecular flexibility index (Phi) is 4.12. The maximum Gasteiger partial charge on any atom is 0.0599 e. The predicted molar refractivity (Wildman–Crippen MR) is 50.2 cm³/mol. The van der Waals surface area contributed by atoms with Gasteiger partial charge in [0.05, 0.1) is 6.54 Å². The highest BCUT2D eigenvalue weighted by Gasteiger charge is 2.06. The first-order valence-electron chi connectivity index (χ1n) is 3.33. The molecule has 0 spiro atoms. The minimum Gasteiger partial charge on any atom is -0.291 e. The molecular weight excluding hydrogens is 162 g/mol. The molecule has 0 unspecified atom stereocenters. The van der Waals surface area contributed by atoms with Gasteiger partial charge in [-0.15, -0.1) is 6.42 Å². The zero-order chi connectivity index (χ0) is 7.23. The molecule has 1 aliphatic heterocycles. The maximum absolute atomic E-state index is 5.21. The lowest BCUT2D eigenvalue weighted by atomic mass is 10.5. The maximum atomic E-state index is 5.21. The number of nitrogens with zero attached hydrogens (tertiary/aromatic N) is 1. The monoisotopic (exact) mass is 173 g/mol. The molecule has 0 saturated carbocycles. The Labute approximate surface area is 70.3 Å². The summed E-state index contributed by atoms with van der Waals surface area (Å²) < 4.78 is 0. The molecule has 1 fully saturated rings. The molecule has 10 heavy (non-hydrogen) atoms. The molecule has 3 heteroatoms. The molecule has 0 radical (unpaired) electrons. The minimum absolute atomic E-state index is 0.821. The third-order valence-electron chi connectivity index (χ3n) is 1.38. The summed E-state index contributed by atoms with van der Waals surface area (Å²) in [6.45, 7) is 3.13. The van der Waals surface area contributed by atoms with Crippen LogP contribution in [0.3, 0.4) is 0 Å². The zero-order valence-electron chi connectivity index (χ0n) is 5.88. The Balaban J connectivity index is 2.23. The van der Waals surface area contributed by atoms with Crippen LogP contribution in [0.5, 0.6) is 0 Å². The highest BCUT2D eigenvalue weighted by Crippen LogP contribution is 2.23. The molecule has 1 aliphatic rings. The Morgan fingerprint density at radius 2 is 1.90 bits per heavy atom. The molecule has 0 atom stereocenters. The van der Waals surface area contributed by atoms with Crippen molar-refractivity contribution >= 4 is 21.6 Å². The van der Waals surface area contributed by atoms with Gasteiger partial charge in [-0.3, -0.25) is 4.90 Å². The first-order valence-corrected chi connectivity index (χ1v) is 5.82. The molecule has 0 aliphatic carbocycles. The lowest BCUT2D eigenvalue weighted by Gasteiger charge is -2.14. The second-order valence-corrected chi connectivity index (χ2v) is 4.83. The van der Waals surface area contributed by atoms with E-state index >= 15 is 0 Å². The van der Waals surface area contributed by atoms with E-state index in [4.69, 9.17) is 6.42 Å². The van der Waals surface area contributed by atoms with E-state index in [9.17, 15) is 0 Å². The van der Waals surface area contributed by atoms with E-state index in [2.05, 4.69) is 10.8 Å². The lowest BCUT2D eigenvalue weighted by Crippen LogP contribution is -2.27. The van der Waals surface area contributed by atoms with Crippen LogP contribution in [0, 0.1) is 12.3 Å². The number of rotatable bonds is 1. The van der Waals surface area contributed by atoms with E-state index in [0.29, 0.717) is 0 Å². The molecule has 0 N–H and O–H groups in total. The minimum atomic E-state index is 0.821. The highest BCUT2D eigenvalue weighted by atomic mass is 33.1. The van der Waals surface area contributed by atoms with Crippen molar-refractivity contribution in [3.63, 3.8) is 0 Å². The fourth-order valence-corrected chi connectivity index (χ4v) is 2.91. The summed E-state index contributed by atoms with van der Waals surface area (Å²) in [6, 6.07) is 0. The fraction of sp³-hybridized carbons (Fsp3) is 0.714. The van der Waals surface area contributed by atoms with Gasteiger partial charge in [-0.25, -0.2) is 0 Å². The molecule has 56 valence electrons. The van der Waals surface area contributed by atoms with Gasteiger partial charge in [-0.1, -0.05) is 27.5 Å². The van der Waals surface area contributed by atoms with E-state index in [1.807, 2.05) is 21.6 Å². The van der Waals surface area contributed by atoms with Gasteiger partial charge in [-0.05, 0) is 0 Å². The van der Waals surface area contributed by atoms with Crippen molar-refractivity contribution in [2.45, 2.75) is 0 Å². The number of hydrogen-bond acceptors (Lipinski definition) is 3. The molecule has 0 aromatic rings. The van der Waals surface area contributed by atoms with Crippen molar-refractivity contribution in [3.05, 3.63) is 0 Å². The summed E-state index contributed by atoms with van der Waals surface area (Å²) in [5, 5.41) is 0. The Hall–Kier alpha value is 0.220. The van der Waals surface area contributed by atoms with E-state index in [0.717, 1.165) is 19.6 Å². The quantitative estimate of drug-likeness (QED) is 0.435. The number of terminal acetylenes is 1. The van der Waals surface area contributed by atoms with Gasteiger partial charge in [-0.2, -0.15) is 0 Å². The largest absolute Gasteiger partial charge is 0.291 e. The van der Waals surface area contributed by atoms with E-state index < -0.39 is 0 Å². The van der Waals surface area contributed by atoms with Gasteiger partial charge in [0.1, 0.15) is 0 Å². The Bertz CT molecular complexity index is 122. The fourth-order valence-electron chi connectivity index (χ4n) is 0.850. The predicted octanol–water partition coefficient (Wildman–Crippen LogP) is 1.32. The lowest BCUT2D eigenvalue weighted by molar-refractivity contribution is 0.350. The average Bonchev–Trinajstić information content (AvgIpc) is 2.17. The summed E-state index contributed by atoms with van der Waals surface area (Å²) >= 11 is 0. The molecule has 0 aromatic carbocycles. The zero-order valence-corrected chi connectivity index (χ0v) is 7.51. The average molecular weight is 173 g/mol. The van der Waals surface area contributed by atoms with Crippen LogP contribution in [-0.2, 0) is 0 Å². The third kappa shape index (κ3) is 2.87. The van der Waals surface area contributed by atoms with Crippen LogP contribution in [0.25, 0.3) is 0 Å². The van der Waals surface area contributed by atoms with E-state index in [1.54, 1.807) is 0 Å². The van der Waals surface area contributed by atoms with Crippen molar-refractivity contribution in [2.24, 2.45) is 0 Å². The summed E-state index contributed by atoms with van der Waals surface area (Å²) in [5.74, 6) is 5.10. The van der Waals surface area contributed by atoms with Crippen LogP contribution in [0.1, 0.15) is 0 Å². The first-order chi connectivity index (χ1) is 4.93. The van der Waals surface area contributed by atoms with Crippen molar-refractivity contribution in [1.82, 2.24) is 4.90 Å². The molecule has 0 bridgehead atoms. The van der Waals surface area contributed by atoms with Gasteiger partial charge in [0.25, 0.3) is 0 Å². The second kappa shape index (κ2) is 4.95. The molecule has 1 saturated heterocycles. The molecule has 1 rings (SSSR count). The van der Waals surface area contributed by atoms with Gasteiger partial charge in [0.15, 0.2) is 0 Å². The topological polar surface area (TPSA) is 3.24 Å². The molecular formula is C7H11NS2. The molecule has 1 nitrogen and oxygen atoms in total. The Morgan fingerprint density at radius 3 is 2.40 bits per heavy atom. The highest BCUT2D eigenvalue weighted by molar-refractivity contribution is 8.76. The van der Waals surface area contributed by atoms with Crippen LogP contribution in [0.15, 0.2) is 0 Å². The van der Waals surface area contributed by atoms with Crippen molar-refractivity contribution in [1.29, 1.82) is 0 Å². The van der Waals surface area contributed by atoms with Crippen molar-refractivity contribution < 1.29 is 0 Å². The molecule has 0 amide bonds. The first kappa shape index (κ1) is 8.32. The van der Waals surface area contributed by atoms with Crippen molar-refractivity contribution in [3.8, 4) is 12.3 Å². The van der Waals surface area contributed by atoms with Crippen LogP contribution < -0.4 is 0 Å². The van der Waals surface area contributed by atoms with Gasteiger partial charge >= 0.3 is 0 Å². The SMILES string of the molecule is C#CCN1CCSSCC1. The van der Waals surface area contributed by atoms with Crippen LogP contribution in [-0.4, -0.2) is 36.0 Å². The summed E-state index contributed by atoms with van der Waals surface area (Å²) in [5.41, 5.74) is 0. The number of hydrogen-bond donors (Lipinski definition) is 0. The molecule has 0 aromatic heterocycles. The van der Waals surface area contributed by atoms with Crippen LogP contribution in [0.4, 0.5) is 0 Å². The standard InChI is InChI=1S/C7H11NS2/c1-2-3-8-4-6-9-10-7-5-8/h1H,3-7H2. The molecule has 1 heterocycles. The van der Waals surface area contributed by atoms with Gasteiger partial charge < -0.3 is 0 Å². The normalized spacial score (nSPS) is 21.5. The Morgan fingerprint density at radius 1 is 1.30 bits per heavy atom. The summed E-state index contributed by atoms with van der Waals surface area (Å²) in [4.78, 5) is 2.33. The van der Waals surface area contributed by atoms with E-state index in [-0.39, 0.29) is 0 Å². The second-order valence-electron chi connectivity index (χ2n) is 2.12. The van der Waals surface area contributed by atoms with Gasteiger partial charge in [0, 0.05) is 24.6 Å². The van der Waals surface area contributed by atoms with E-state index in [1.165, 1.54) is 11.5 Å². The summed E-state index contributed by atoms with van der Waals surface area (Å²) in [7, 11) is 3.90. The van der Waals surface area contributed by atoms with Crippen LogP contribution in [0.2, 0.25) is 0 Å². The van der Waals surface area contributed by atoms with Crippen LogP contribution >= 0.6 is 21.6 Å². The van der Waals surface area contributed by atoms with Gasteiger partial charge in [0.2, 0.25) is 0 Å². The smallest absolute Gasteiger partial charge is 0.0599 e. The third-order valence-corrected chi connectivity index (χ3v) is 3.75. The van der Waals surface area contributed by atoms with Crippen molar-refractivity contribution in [2.75, 3.05) is 31.1 Å². The summed E-state index contributed by atoms with van der Waals surface area (Å²) in [6.07, 6.45) is 5.21.